The maximum atomic E-state index is 12.1. The lowest BCUT2D eigenvalue weighted by Crippen LogP contribution is -2.51. The molecule has 2 aliphatic rings. The van der Waals surface area contributed by atoms with Crippen LogP contribution in [0.15, 0.2) is 24.3 Å². The minimum absolute atomic E-state index is 0.184. The van der Waals surface area contributed by atoms with Gasteiger partial charge < -0.3 is 14.7 Å². The van der Waals surface area contributed by atoms with E-state index in [4.69, 9.17) is 4.74 Å². The van der Waals surface area contributed by atoms with Gasteiger partial charge in [-0.2, -0.15) is 0 Å². The third-order valence-electron chi connectivity index (χ3n) is 4.98. The number of carbonyl (C=O) groups excluding carboxylic acids is 1. The number of nitrogens with zero attached hydrogens (tertiary/aromatic N) is 1. The highest BCUT2D eigenvalue weighted by Gasteiger charge is 2.49. The van der Waals surface area contributed by atoms with E-state index in [1.165, 1.54) is 0 Å². The molecule has 2 bridgehead atoms. The fourth-order valence-electron chi connectivity index (χ4n) is 3.95. The highest BCUT2D eigenvalue weighted by Crippen LogP contribution is 2.46. The van der Waals surface area contributed by atoms with Crippen molar-refractivity contribution >= 4 is 5.91 Å². The van der Waals surface area contributed by atoms with E-state index in [2.05, 4.69) is 0 Å². The van der Waals surface area contributed by atoms with Crippen molar-refractivity contribution in [3.8, 4) is 5.75 Å². The van der Waals surface area contributed by atoms with Gasteiger partial charge in [-0.3, -0.25) is 4.79 Å². The number of ether oxygens (including phenoxy) is 1. The van der Waals surface area contributed by atoms with Gasteiger partial charge >= 0.3 is 0 Å². The van der Waals surface area contributed by atoms with Crippen LogP contribution in [0.4, 0.5) is 0 Å². The number of fused-ring (bicyclic) bond motifs is 2. The van der Waals surface area contributed by atoms with Crippen LogP contribution in [0.2, 0.25) is 0 Å². The van der Waals surface area contributed by atoms with Gasteiger partial charge in [-0.15, -0.1) is 0 Å². The number of hydrogen-bond donors (Lipinski definition) is 1. The lowest BCUT2D eigenvalue weighted by molar-refractivity contribution is -0.141. The summed E-state index contributed by atoms with van der Waals surface area (Å²) >= 11 is 0. The number of methoxy groups -OCH3 is 1. The lowest BCUT2D eigenvalue weighted by atomic mass is 9.80. The van der Waals surface area contributed by atoms with Gasteiger partial charge in [0.2, 0.25) is 5.91 Å². The Morgan fingerprint density at radius 3 is 2.33 bits per heavy atom. The molecule has 2 unspecified atom stereocenters. The van der Waals surface area contributed by atoms with Crippen LogP contribution in [0.5, 0.6) is 5.75 Å². The number of carbonyl (C=O) groups is 1. The van der Waals surface area contributed by atoms with Crippen molar-refractivity contribution in [2.75, 3.05) is 7.11 Å². The molecule has 1 N–H and O–H groups in total. The first kappa shape index (κ1) is 14.4. The SMILES string of the molecule is CCC(=O)N1C2CCC1CC(O)(c1ccc(OC)cc1)C2. The van der Waals surface area contributed by atoms with Crippen molar-refractivity contribution < 1.29 is 14.6 Å². The molecule has 2 aliphatic heterocycles. The van der Waals surface area contributed by atoms with Crippen LogP contribution >= 0.6 is 0 Å². The van der Waals surface area contributed by atoms with Crippen molar-refractivity contribution in [2.24, 2.45) is 0 Å². The molecule has 1 aromatic carbocycles. The molecule has 0 radical (unpaired) electrons. The Balaban J connectivity index is 1.83. The van der Waals surface area contributed by atoms with Crippen molar-refractivity contribution in [2.45, 2.75) is 56.7 Å². The van der Waals surface area contributed by atoms with E-state index in [-0.39, 0.29) is 18.0 Å². The zero-order valence-corrected chi connectivity index (χ0v) is 12.7. The van der Waals surface area contributed by atoms with Gasteiger partial charge in [-0.1, -0.05) is 19.1 Å². The van der Waals surface area contributed by atoms with Crippen molar-refractivity contribution in [3.05, 3.63) is 29.8 Å². The Bertz CT molecular complexity index is 511. The molecule has 2 atom stereocenters. The average Bonchev–Trinajstić information content (AvgIpc) is 2.79. The molecule has 114 valence electrons. The highest BCUT2D eigenvalue weighted by atomic mass is 16.5. The summed E-state index contributed by atoms with van der Waals surface area (Å²) in [6.07, 6.45) is 3.85. The molecule has 4 nitrogen and oxygen atoms in total. The Kier molecular flexibility index (Phi) is 3.66. The van der Waals surface area contributed by atoms with Gasteiger partial charge in [-0.05, 0) is 30.5 Å². The average molecular weight is 289 g/mol. The molecule has 0 aromatic heterocycles. The maximum absolute atomic E-state index is 12.1. The molecular weight excluding hydrogens is 266 g/mol. The fourth-order valence-corrected chi connectivity index (χ4v) is 3.95. The number of amides is 1. The predicted octanol–water partition coefficient (Wildman–Crippen LogP) is 2.45. The van der Waals surface area contributed by atoms with E-state index >= 15 is 0 Å². The molecule has 21 heavy (non-hydrogen) atoms. The molecule has 1 aromatic rings. The molecular formula is C17H23NO3. The molecule has 2 saturated heterocycles. The summed E-state index contributed by atoms with van der Waals surface area (Å²) in [5.41, 5.74) is 0.117. The van der Waals surface area contributed by atoms with Gasteiger partial charge in [0.15, 0.2) is 0 Å². The first-order valence-electron chi connectivity index (χ1n) is 7.75. The largest absolute Gasteiger partial charge is 0.497 e. The number of rotatable bonds is 3. The zero-order valence-electron chi connectivity index (χ0n) is 12.7. The monoisotopic (exact) mass is 289 g/mol. The van der Waals surface area contributed by atoms with Crippen LogP contribution in [-0.4, -0.2) is 35.1 Å². The summed E-state index contributed by atoms with van der Waals surface area (Å²) in [7, 11) is 1.64. The van der Waals surface area contributed by atoms with E-state index < -0.39 is 5.60 Å². The third-order valence-corrected chi connectivity index (χ3v) is 4.98. The first-order valence-corrected chi connectivity index (χ1v) is 7.75. The topological polar surface area (TPSA) is 49.8 Å². The van der Waals surface area contributed by atoms with Gasteiger partial charge in [0.05, 0.1) is 12.7 Å². The quantitative estimate of drug-likeness (QED) is 0.930. The Hall–Kier alpha value is -1.55. The summed E-state index contributed by atoms with van der Waals surface area (Å²) in [5, 5.41) is 11.1. The van der Waals surface area contributed by atoms with Crippen LogP contribution in [0.3, 0.4) is 0 Å². The molecule has 2 fully saturated rings. The summed E-state index contributed by atoms with van der Waals surface area (Å²) in [4.78, 5) is 14.1. The van der Waals surface area contributed by atoms with Crippen LogP contribution in [0.25, 0.3) is 0 Å². The van der Waals surface area contributed by atoms with E-state index in [9.17, 15) is 9.90 Å². The summed E-state index contributed by atoms with van der Waals surface area (Å²) in [5.74, 6) is 1.02. The van der Waals surface area contributed by atoms with E-state index in [1.807, 2.05) is 36.1 Å². The van der Waals surface area contributed by atoms with Gasteiger partial charge in [-0.25, -0.2) is 0 Å². The van der Waals surface area contributed by atoms with Crippen molar-refractivity contribution in [1.82, 2.24) is 4.90 Å². The zero-order chi connectivity index (χ0) is 15.0. The van der Waals surface area contributed by atoms with Crippen LogP contribution < -0.4 is 4.74 Å². The summed E-state index contributed by atoms with van der Waals surface area (Å²) < 4.78 is 5.17. The number of piperidine rings is 1. The molecule has 0 spiro atoms. The second-order valence-electron chi connectivity index (χ2n) is 6.21. The molecule has 0 saturated carbocycles. The van der Waals surface area contributed by atoms with Crippen molar-refractivity contribution in [1.29, 1.82) is 0 Å². The normalized spacial score (nSPS) is 31.3. The fraction of sp³-hybridized carbons (Fsp3) is 0.588. The summed E-state index contributed by atoms with van der Waals surface area (Å²) in [6.45, 7) is 1.91. The lowest BCUT2D eigenvalue weighted by Gasteiger charge is -2.44. The number of hydrogen-bond acceptors (Lipinski definition) is 3. The van der Waals surface area contributed by atoms with Gasteiger partial charge in [0.1, 0.15) is 5.75 Å². The molecule has 3 rings (SSSR count). The minimum atomic E-state index is -0.817. The number of benzene rings is 1. The molecule has 4 heteroatoms. The van der Waals surface area contributed by atoms with E-state index in [1.54, 1.807) is 7.11 Å². The predicted molar refractivity (Wildman–Crippen MR) is 80.1 cm³/mol. The highest BCUT2D eigenvalue weighted by molar-refractivity contribution is 5.77. The maximum Gasteiger partial charge on any atom is 0.222 e. The standard InChI is InChI=1S/C17H23NO3/c1-3-16(19)18-13-6-7-14(18)11-17(20,10-13)12-4-8-15(21-2)9-5-12/h4-5,8-9,13-14,20H,3,6-7,10-11H2,1-2H3. The molecule has 2 heterocycles. The number of aliphatic hydroxyl groups is 1. The first-order chi connectivity index (χ1) is 10.1. The second kappa shape index (κ2) is 5.34. The minimum Gasteiger partial charge on any atom is -0.497 e. The Morgan fingerprint density at radius 1 is 1.29 bits per heavy atom. The second-order valence-corrected chi connectivity index (χ2v) is 6.21. The van der Waals surface area contributed by atoms with Crippen LogP contribution in [0, 0.1) is 0 Å². The third kappa shape index (κ3) is 2.42. The Morgan fingerprint density at radius 2 is 1.86 bits per heavy atom. The van der Waals surface area contributed by atoms with Crippen molar-refractivity contribution in [3.63, 3.8) is 0 Å². The van der Waals surface area contributed by atoms with Crippen LogP contribution in [0.1, 0.15) is 44.6 Å². The van der Waals surface area contributed by atoms with Gasteiger partial charge in [0.25, 0.3) is 0 Å². The smallest absolute Gasteiger partial charge is 0.222 e. The molecule has 0 aliphatic carbocycles. The molecule has 1 amide bonds. The van der Waals surface area contributed by atoms with Gasteiger partial charge in [0, 0.05) is 31.3 Å². The Labute approximate surface area is 125 Å². The van der Waals surface area contributed by atoms with E-state index in [0.717, 1.165) is 24.2 Å². The van der Waals surface area contributed by atoms with E-state index in [0.29, 0.717) is 19.3 Å². The summed E-state index contributed by atoms with van der Waals surface area (Å²) in [6, 6.07) is 8.02. The van der Waals surface area contributed by atoms with Crippen LogP contribution in [-0.2, 0) is 10.4 Å².